The van der Waals surface area contributed by atoms with E-state index in [0.29, 0.717) is 0 Å². The Balaban J connectivity index is 0. The molecule has 6 nitrogen and oxygen atoms in total. The Morgan fingerprint density at radius 2 is 1.83 bits per heavy atom. The molecule has 8 heteroatoms. The van der Waals surface area contributed by atoms with Gasteiger partial charge in [-0.2, -0.15) is 8.42 Å². The molecule has 0 bridgehead atoms. The average Bonchev–Trinajstić information content (AvgIpc) is 1.88. The van der Waals surface area contributed by atoms with E-state index in [1.54, 1.807) is 18.8 Å². The van der Waals surface area contributed by atoms with Crippen molar-refractivity contribution in [1.29, 1.82) is 0 Å². The van der Waals surface area contributed by atoms with Crippen LogP contribution in [0.4, 0.5) is 0 Å². The zero-order valence-electron chi connectivity index (χ0n) is 6.97. The lowest BCUT2D eigenvalue weighted by Gasteiger charge is -1.95. The van der Waals surface area contributed by atoms with Crippen LogP contribution in [0.15, 0.2) is 4.99 Å². The molecule has 0 fully saturated rings. The lowest BCUT2D eigenvalue weighted by Crippen LogP contribution is -2.12. The first-order valence-electron chi connectivity index (χ1n) is 2.73. The molecular formula is C4H12N2O4S2. The van der Waals surface area contributed by atoms with Gasteiger partial charge in [0.2, 0.25) is 0 Å². The number of rotatable bonds is 0. The van der Waals surface area contributed by atoms with Crippen molar-refractivity contribution >= 4 is 27.3 Å². The second kappa shape index (κ2) is 7.35. The topological polar surface area (TPSA) is 99.0 Å². The van der Waals surface area contributed by atoms with Crippen molar-refractivity contribution < 1.29 is 17.5 Å². The van der Waals surface area contributed by atoms with Crippen LogP contribution in [-0.2, 0) is 10.4 Å². The van der Waals surface area contributed by atoms with Crippen LogP contribution in [0.3, 0.4) is 0 Å². The molecular weight excluding hydrogens is 204 g/mol. The summed E-state index contributed by atoms with van der Waals surface area (Å²) in [6.45, 7) is 0. The molecule has 0 aliphatic rings. The maximum Gasteiger partial charge on any atom is 0.394 e. The molecule has 0 saturated heterocycles. The number of nitrogens with zero attached hydrogens (tertiary/aromatic N) is 1. The molecule has 0 aromatic rings. The highest BCUT2D eigenvalue weighted by Gasteiger charge is 1.84. The molecule has 0 rings (SSSR count). The number of hydrogen-bond donors (Lipinski definition) is 3. The van der Waals surface area contributed by atoms with Crippen molar-refractivity contribution in [3.8, 4) is 0 Å². The van der Waals surface area contributed by atoms with E-state index in [-0.39, 0.29) is 0 Å². The fraction of sp³-hybridized carbons (Fsp3) is 0.750. The van der Waals surface area contributed by atoms with Crippen LogP contribution in [0, 0.1) is 0 Å². The molecule has 0 radical (unpaired) electrons. The maximum absolute atomic E-state index is 8.74. The van der Waals surface area contributed by atoms with E-state index in [1.165, 1.54) is 0 Å². The highest BCUT2D eigenvalue weighted by molar-refractivity contribution is 8.13. The molecule has 0 aliphatic carbocycles. The largest absolute Gasteiger partial charge is 0.394 e. The number of amidine groups is 1. The molecule has 0 heterocycles. The van der Waals surface area contributed by atoms with Gasteiger partial charge >= 0.3 is 10.4 Å². The second-order valence-corrected chi connectivity index (χ2v) is 3.12. The molecule has 0 saturated carbocycles. The van der Waals surface area contributed by atoms with Gasteiger partial charge in [-0.15, -0.1) is 0 Å². The molecule has 0 aliphatic heterocycles. The van der Waals surface area contributed by atoms with E-state index in [9.17, 15) is 0 Å². The van der Waals surface area contributed by atoms with Gasteiger partial charge < -0.3 is 5.32 Å². The minimum Gasteiger partial charge on any atom is -0.368 e. The molecule has 12 heavy (non-hydrogen) atoms. The summed E-state index contributed by atoms with van der Waals surface area (Å²) in [5.74, 6) is 0. The third-order valence-electron chi connectivity index (χ3n) is 0.610. The van der Waals surface area contributed by atoms with Crippen molar-refractivity contribution in [2.75, 3.05) is 20.4 Å². The van der Waals surface area contributed by atoms with Crippen LogP contribution in [0.5, 0.6) is 0 Å². The number of hydrogen-bond acceptors (Lipinski definition) is 4. The standard InChI is InChI=1S/C4H10N2S.H2O4S/c1-5-4(6-2)7-3;1-5(2,3)4/h1-3H3,(H,5,6);(H2,1,2,3,4). The van der Waals surface area contributed by atoms with Gasteiger partial charge in [-0.3, -0.25) is 14.1 Å². The Morgan fingerprint density at radius 3 is 1.83 bits per heavy atom. The monoisotopic (exact) mass is 216 g/mol. The van der Waals surface area contributed by atoms with Gasteiger partial charge in [-0.05, 0) is 6.26 Å². The minimum atomic E-state index is -4.67. The van der Waals surface area contributed by atoms with Crippen LogP contribution in [0.1, 0.15) is 0 Å². The van der Waals surface area contributed by atoms with Crippen molar-refractivity contribution in [2.45, 2.75) is 0 Å². The van der Waals surface area contributed by atoms with Crippen LogP contribution >= 0.6 is 11.8 Å². The first-order valence-corrected chi connectivity index (χ1v) is 5.35. The summed E-state index contributed by atoms with van der Waals surface area (Å²) in [7, 11) is -1.04. The second-order valence-electron chi connectivity index (χ2n) is 1.43. The van der Waals surface area contributed by atoms with E-state index in [4.69, 9.17) is 17.5 Å². The van der Waals surface area contributed by atoms with Crippen molar-refractivity contribution in [3.05, 3.63) is 0 Å². The third kappa shape index (κ3) is 22.6. The fourth-order valence-corrected chi connectivity index (χ4v) is 0.692. The van der Waals surface area contributed by atoms with Gasteiger partial charge in [-0.25, -0.2) is 0 Å². The van der Waals surface area contributed by atoms with Crippen LogP contribution < -0.4 is 5.32 Å². The van der Waals surface area contributed by atoms with Crippen molar-refractivity contribution in [2.24, 2.45) is 4.99 Å². The molecule has 0 spiro atoms. The van der Waals surface area contributed by atoms with E-state index >= 15 is 0 Å². The van der Waals surface area contributed by atoms with Gasteiger partial charge in [0.05, 0.1) is 0 Å². The molecule has 74 valence electrons. The van der Waals surface area contributed by atoms with E-state index in [0.717, 1.165) is 5.17 Å². The van der Waals surface area contributed by atoms with Crippen LogP contribution in [0.25, 0.3) is 0 Å². The highest BCUT2D eigenvalue weighted by atomic mass is 32.3. The zero-order chi connectivity index (χ0) is 10.2. The number of thioether (sulfide) groups is 1. The van der Waals surface area contributed by atoms with Gasteiger partial charge in [0.15, 0.2) is 5.17 Å². The molecule has 0 amide bonds. The summed E-state index contributed by atoms with van der Waals surface area (Å²) >= 11 is 1.61. The first kappa shape index (κ1) is 14.2. The van der Waals surface area contributed by atoms with E-state index in [1.807, 2.05) is 13.3 Å². The van der Waals surface area contributed by atoms with Crippen LogP contribution in [-0.4, -0.2) is 43.0 Å². The summed E-state index contributed by atoms with van der Waals surface area (Å²) in [5.41, 5.74) is 0. The maximum atomic E-state index is 8.74. The number of aliphatic imine (C=N–C) groups is 1. The van der Waals surface area contributed by atoms with Gasteiger partial charge in [0.25, 0.3) is 0 Å². The summed E-state index contributed by atoms with van der Waals surface area (Å²) in [5, 5.41) is 3.89. The Labute approximate surface area is 76.0 Å². The fourth-order valence-electron chi connectivity index (χ4n) is 0.305. The Hall–Kier alpha value is -0.310. The first-order chi connectivity index (χ1) is 5.35. The predicted molar refractivity (Wildman–Crippen MR) is 50.1 cm³/mol. The van der Waals surface area contributed by atoms with Gasteiger partial charge in [0, 0.05) is 14.1 Å². The Morgan fingerprint density at radius 1 is 1.50 bits per heavy atom. The smallest absolute Gasteiger partial charge is 0.368 e. The predicted octanol–water partition coefficient (Wildman–Crippen LogP) is -0.0982. The normalized spacial score (nSPS) is 11.6. The third-order valence-corrected chi connectivity index (χ3v) is 1.38. The SMILES string of the molecule is C/N=C(/NC)SC.O=S(=O)(O)O. The Bertz CT molecular complexity index is 209. The molecule has 0 atom stereocenters. The Kier molecular flexibility index (Phi) is 8.71. The highest BCUT2D eigenvalue weighted by Crippen LogP contribution is 1.90. The zero-order valence-corrected chi connectivity index (χ0v) is 8.61. The van der Waals surface area contributed by atoms with Crippen LogP contribution in [0.2, 0.25) is 0 Å². The summed E-state index contributed by atoms with van der Waals surface area (Å²) in [4.78, 5) is 3.89. The van der Waals surface area contributed by atoms with Crippen molar-refractivity contribution in [3.63, 3.8) is 0 Å². The van der Waals surface area contributed by atoms with E-state index in [2.05, 4.69) is 10.3 Å². The lowest BCUT2D eigenvalue weighted by molar-refractivity contribution is 0.381. The molecule has 0 unspecified atom stereocenters. The van der Waals surface area contributed by atoms with Crippen molar-refractivity contribution in [1.82, 2.24) is 5.32 Å². The minimum absolute atomic E-state index is 0.972. The average molecular weight is 216 g/mol. The summed E-state index contributed by atoms with van der Waals surface area (Å²) < 4.78 is 31.6. The number of nitrogens with one attached hydrogen (secondary N) is 1. The summed E-state index contributed by atoms with van der Waals surface area (Å²) in [6, 6.07) is 0. The summed E-state index contributed by atoms with van der Waals surface area (Å²) in [6.07, 6.45) is 1.98. The van der Waals surface area contributed by atoms with E-state index < -0.39 is 10.4 Å². The van der Waals surface area contributed by atoms with Gasteiger partial charge in [0.1, 0.15) is 0 Å². The molecule has 0 aromatic heterocycles. The lowest BCUT2D eigenvalue weighted by atomic mass is 11.1. The quantitative estimate of drug-likeness (QED) is 0.297. The molecule has 0 aromatic carbocycles. The molecule has 3 N–H and O–H groups in total. The van der Waals surface area contributed by atoms with Gasteiger partial charge in [-0.1, -0.05) is 11.8 Å².